The largest absolute Gasteiger partial charge is 0.336 e. The third-order valence-electron chi connectivity index (χ3n) is 4.86. The molecule has 3 heterocycles. The second kappa shape index (κ2) is 6.96. The molecule has 2 unspecified atom stereocenters. The highest BCUT2D eigenvalue weighted by Gasteiger charge is 2.44. The fourth-order valence-electron chi connectivity index (χ4n) is 3.44. The third-order valence-corrected chi connectivity index (χ3v) is 5.82. The molecule has 0 saturated carbocycles. The first-order chi connectivity index (χ1) is 13.0. The number of amides is 2. The van der Waals surface area contributed by atoms with Gasteiger partial charge in [-0.1, -0.05) is 41.7 Å². The molecule has 1 aliphatic heterocycles. The van der Waals surface area contributed by atoms with Crippen LogP contribution >= 0.6 is 11.3 Å². The van der Waals surface area contributed by atoms with E-state index >= 15 is 0 Å². The van der Waals surface area contributed by atoms with Gasteiger partial charge in [0.2, 0.25) is 11.8 Å². The van der Waals surface area contributed by atoms with Crippen LogP contribution in [0.2, 0.25) is 0 Å². The van der Waals surface area contributed by atoms with Gasteiger partial charge in [-0.3, -0.25) is 14.3 Å². The Morgan fingerprint density at radius 3 is 2.70 bits per heavy atom. The maximum atomic E-state index is 12.9. The molecule has 27 heavy (non-hydrogen) atoms. The van der Waals surface area contributed by atoms with E-state index in [-0.39, 0.29) is 24.3 Å². The number of thiazole rings is 1. The average molecular weight is 381 g/mol. The summed E-state index contributed by atoms with van der Waals surface area (Å²) < 4.78 is 1.71. The van der Waals surface area contributed by atoms with E-state index in [4.69, 9.17) is 0 Å². The zero-order valence-electron chi connectivity index (χ0n) is 15.0. The fraction of sp³-hybridized carbons (Fsp3) is 0.263. The third kappa shape index (κ3) is 3.23. The van der Waals surface area contributed by atoms with Crippen molar-refractivity contribution in [2.75, 3.05) is 12.4 Å². The molecular weight excluding hydrogens is 362 g/mol. The van der Waals surface area contributed by atoms with Gasteiger partial charge in [0.25, 0.3) is 0 Å². The van der Waals surface area contributed by atoms with Crippen LogP contribution in [0, 0.1) is 5.92 Å². The molecule has 2 aromatic heterocycles. The summed E-state index contributed by atoms with van der Waals surface area (Å²) in [5.74, 6) is -0.696. The van der Waals surface area contributed by atoms with Gasteiger partial charge >= 0.3 is 0 Å². The average Bonchev–Trinajstić information content (AvgIpc) is 3.37. The van der Waals surface area contributed by atoms with E-state index in [0.29, 0.717) is 5.00 Å². The van der Waals surface area contributed by atoms with Gasteiger partial charge in [0.1, 0.15) is 10.0 Å². The summed E-state index contributed by atoms with van der Waals surface area (Å²) in [5, 5.41) is 8.62. The molecule has 1 aromatic carbocycles. The van der Waals surface area contributed by atoms with Crippen molar-refractivity contribution >= 4 is 28.2 Å². The molecule has 0 bridgehead atoms. The molecule has 8 heteroatoms. The molecule has 0 radical (unpaired) electrons. The standard InChI is InChI=1S/C19H19N5O2S/c1-23-16(25)10-13(17(23)14-8-9-21-24(14)2)18(26)22-15-11-20-19(27-15)12-6-4-3-5-7-12/h3-9,11,13,17H,10H2,1-2H3,(H,22,26). The molecule has 2 amide bonds. The van der Waals surface area contributed by atoms with Gasteiger partial charge in [0.15, 0.2) is 0 Å². The Bertz CT molecular complexity index is 981. The first-order valence-electron chi connectivity index (χ1n) is 8.60. The Morgan fingerprint density at radius 2 is 2.00 bits per heavy atom. The minimum absolute atomic E-state index is 0.0457. The predicted octanol–water partition coefficient (Wildman–Crippen LogP) is 2.70. The molecule has 1 aliphatic rings. The number of hydrogen-bond donors (Lipinski definition) is 1. The number of benzene rings is 1. The summed E-state index contributed by atoms with van der Waals surface area (Å²) in [6, 6.07) is 11.3. The van der Waals surface area contributed by atoms with E-state index < -0.39 is 5.92 Å². The van der Waals surface area contributed by atoms with E-state index in [1.165, 1.54) is 11.3 Å². The van der Waals surface area contributed by atoms with Crippen molar-refractivity contribution in [3.8, 4) is 10.6 Å². The van der Waals surface area contributed by atoms with Crippen LogP contribution in [-0.4, -0.2) is 38.5 Å². The highest BCUT2D eigenvalue weighted by molar-refractivity contribution is 7.19. The Balaban J connectivity index is 1.55. The first-order valence-corrected chi connectivity index (χ1v) is 9.42. The minimum Gasteiger partial charge on any atom is -0.336 e. The number of nitrogens with one attached hydrogen (secondary N) is 1. The Kier molecular flexibility index (Phi) is 4.49. The predicted molar refractivity (Wildman–Crippen MR) is 103 cm³/mol. The molecule has 1 N–H and O–H groups in total. The first kappa shape index (κ1) is 17.4. The van der Waals surface area contributed by atoms with Crippen molar-refractivity contribution in [3.63, 3.8) is 0 Å². The lowest BCUT2D eigenvalue weighted by molar-refractivity contribution is -0.128. The summed E-state index contributed by atoms with van der Waals surface area (Å²) in [5.41, 5.74) is 1.85. The molecule has 138 valence electrons. The van der Waals surface area contributed by atoms with Crippen molar-refractivity contribution in [1.82, 2.24) is 19.7 Å². The maximum Gasteiger partial charge on any atom is 0.231 e. The van der Waals surface area contributed by atoms with Crippen LogP contribution in [0.15, 0.2) is 48.8 Å². The maximum absolute atomic E-state index is 12.9. The number of aromatic nitrogens is 3. The number of hydrogen-bond acceptors (Lipinski definition) is 5. The Morgan fingerprint density at radius 1 is 1.22 bits per heavy atom. The normalized spacial score (nSPS) is 19.5. The lowest BCUT2D eigenvalue weighted by Crippen LogP contribution is -2.31. The summed E-state index contributed by atoms with van der Waals surface area (Å²) in [6.45, 7) is 0. The molecule has 4 rings (SSSR count). The highest BCUT2D eigenvalue weighted by Crippen LogP contribution is 2.38. The number of anilines is 1. The molecule has 1 saturated heterocycles. The van der Waals surface area contributed by atoms with E-state index in [9.17, 15) is 9.59 Å². The molecule has 0 spiro atoms. The Hall–Kier alpha value is -3.00. The zero-order valence-corrected chi connectivity index (χ0v) is 15.8. The van der Waals surface area contributed by atoms with Crippen molar-refractivity contribution in [1.29, 1.82) is 0 Å². The molecule has 3 aromatic rings. The van der Waals surface area contributed by atoms with Crippen LogP contribution in [0.4, 0.5) is 5.00 Å². The van der Waals surface area contributed by atoms with Crippen LogP contribution in [0.3, 0.4) is 0 Å². The van der Waals surface area contributed by atoms with Gasteiger partial charge in [-0.05, 0) is 6.07 Å². The second-order valence-corrected chi connectivity index (χ2v) is 7.56. The van der Waals surface area contributed by atoms with Crippen LogP contribution < -0.4 is 5.32 Å². The SMILES string of the molecule is CN1C(=O)CC(C(=O)Nc2cnc(-c3ccccc3)s2)C1c1ccnn1C. The van der Waals surface area contributed by atoms with Crippen molar-refractivity contribution in [2.45, 2.75) is 12.5 Å². The molecule has 0 aliphatic carbocycles. The van der Waals surface area contributed by atoms with Crippen LogP contribution in [0.5, 0.6) is 0 Å². The minimum atomic E-state index is -0.472. The Labute approximate surface area is 160 Å². The summed E-state index contributed by atoms with van der Waals surface area (Å²) in [6.07, 6.45) is 3.52. The van der Waals surface area contributed by atoms with E-state index in [1.54, 1.807) is 29.0 Å². The number of rotatable bonds is 4. The van der Waals surface area contributed by atoms with Gasteiger partial charge in [-0.25, -0.2) is 4.98 Å². The van der Waals surface area contributed by atoms with Gasteiger partial charge in [-0.15, -0.1) is 0 Å². The number of aryl methyl sites for hydroxylation is 1. The number of carbonyl (C=O) groups excluding carboxylic acids is 2. The monoisotopic (exact) mass is 381 g/mol. The van der Waals surface area contributed by atoms with E-state index in [1.807, 2.05) is 43.4 Å². The van der Waals surface area contributed by atoms with Crippen LogP contribution in [-0.2, 0) is 16.6 Å². The topological polar surface area (TPSA) is 80.1 Å². The summed E-state index contributed by atoms with van der Waals surface area (Å²) >= 11 is 1.42. The lowest BCUT2D eigenvalue weighted by Gasteiger charge is -2.24. The van der Waals surface area contributed by atoms with Gasteiger partial charge in [-0.2, -0.15) is 5.10 Å². The van der Waals surface area contributed by atoms with Crippen LogP contribution in [0.1, 0.15) is 18.2 Å². The zero-order chi connectivity index (χ0) is 19.0. The summed E-state index contributed by atoms with van der Waals surface area (Å²) in [7, 11) is 3.55. The van der Waals surface area contributed by atoms with E-state index in [0.717, 1.165) is 16.3 Å². The molecule has 7 nitrogen and oxygen atoms in total. The van der Waals surface area contributed by atoms with Crippen LogP contribution in [0.25, 0.3) is 10.6 Å². The number of likely N-dealkylation sites (tertiary alicyclic amines) is 1. The van der Waals surface area contributed by atoms with Gasteiger partial charge in [0.05, 0.1) is 23.9 Å². The van der Waals surface area contributed by atoms with Gasteiger partial charge < -0.3 is 10.2 Å². The molecule has 1 fully saturated rings. The summed E-state index contributed by atoms with van der Waals surface area (Å²) in [4.78, 5) is 31.2. The molecular formula is C19H19N5O2S. The van der Waals surface area contributed by atoms with E-state index in [2.05, 4.69) is 15.4 Å². The fourth-order valence-corrected chi connectivity index (χ4v) is 4.27. The smallest absolute Gasteiger partial charge is 0.231 e. The highest BCUT2D eigenvalue weighted by atomic mass is 32.1. The lowest BCUT2D eigenvalue weighted by atomic mass is 9.96. The second-order valence-electron chi connectivity index (χ2n) is 6.52. The van der Waals surface area contributed by atoms with Crippen molar-refractivity contribution in [3.05, 3.63) is 54.5 Å². The number of nitrogens with zero attached hydrogens (tertiary/aromatic N) is 4. The molecule has 2 atom stereocenters. The van der Waals surface area contributed by atoms with Crippen molar-refractivity contribution < 1.29 is 9.59 Å². The number of carbonyl (C=O) groups is 2. The van der Waals surface area contributed by atoms with Gasteiger partial charge in [0, 0.05) is 32.3 Å². The quantitative estimate of drug-likeness (QED) is 0.754. The van der Waals surface area contributed by atoms with Crippen molar-refractivity contribution in [2.24, 2.45) is 13.0 Å².